The van der Waals surface area contributed by atoms with E-state index in [1.54, 1.807) is 21.1 Å². The predicted molar refractivity (Wildman–Crippen MR) is 240 cm³/mol. The molecule has 0 rings (SSSR count). The fraction of sp³-hybridized carbons (Fsp3) is 0.780. The number of hydrogen-bond acceptors (Lipinski definition) is 7. The Hall–Kier alpha value is -2.71. The van der Waals surface area contributed by atoms with Gasteiger partial charge in [0.05, 0.1) is 40.3 Å². The van der Waals surface area contributed by atoms with Crippen molar-refractivity contribution in [3.63, 3.8) is 0 Å². The van der Waals surface area contributed by atoms with E-state index < -0.39 is 18.1 Å². The van der Waals surface area contributed by atoms with Crippen LogP contribution in [0.4, 0.5) is 0 Å². The SMILES string of the molecule is CCCCC/C=C/C/C=C/C/C=C/C/C=C/CCCC(=O)OC(COCCC(C(=O)[O-])[N+](C)(C)C)COC(=O)CCCCCCCCCCCCCCCCCCC. The first-order valence-electron chi connectivity index (χ1n) is 23.7. The van der Waals surface area contributed by atoms with Crippen LogP contribution in [0.5, 0.6) is 0 Å². The van der Waals surface area contributed by atoms with Gasteiger partial charge in [-0.15, -0.1) is 0 Å². The lowest BCUT2D eigenvalue weighted by molar-refractivity contribution is -0.889. The zero-order valence-electron chi connectivity index (χ0n) is 38.2. The molecule has 0 radical (unpaired) electrons. The van der Waals surface area contributed by atoms with Gasteiger partial charge in [0.15, 0.2) is 6.10 Å². The normalized spacial score (nSPS) is 13.3. The van der Waals surface area contributed by atoms with Crippen molar-refractivity contribution in [1.29, 1.82) is 0 Å². The average Bonchev–Trinajstić information content (AvgIpc) is 3.18. The summed E-state index contributed by atoms with van der Waals surface area (Å²) in [4.78, 5) is 36.9. The highest BCUT2D eigenvalue weighted by Gasteiger charge is 2.25. The maximum atomic E-state index is 12.7. The molecule has 0 aliphatic carbocycles. The number of aliphatic carboxylic acids is 1. The zero-order chi connectivity index (χ0) is 42.8. The van der Waals surface area contributed by atoms with E-state index in [9.17, 15) is 19.5 Å². The van der Waals surface area contributed by atoms with E-state index in [2.05, 4.69) is 62.5 Å². The Labute approximate surface area is 356 Å². The molecule has 0 aromatic carbocycles. The van der Waals surface area contributed by atoms with Crippen LogP contribution < -0.4 is 5.11 Å². The Kier molecular flexibility index (Phi) is 39.1. The minimum absolute atomic E-state index is 0.0201. The zero-order valence-corrected chi connectivity index (χ0v) is 38.2. The molecule has 0 saturated heterocycles. The molecule has 0 saturated carbocycles. The Balaban J connectivity index is 4.38. The Morgan fingerprint density at radius 1 is 0.517 bits per heavy atom. The number of nitrogens with zero attached hydrogens (tertiary/aromatic N) is 1. The number of rotatable bonds is 42. The molecule has 336 valence electrons. The van der Waals surface area contributed by atoms with Crippen LogP contribution in [0, 0.1) is 0 Å². The van der Waals surface area contributed by atoms with Gasteiger partial charge in [0.1, 0.15) is 12.6 Å². The molecule has 0 aromatic heterocycles. The van der Waals surface area contributed by atoms with Crippen molar-refractivity contribution < 1.29 is 38.2 Å². The van der Waals surface area contributed by atoms with Crippen LogP contribution in [0.15, 0.2) is 48.6 Å². The minimum Gasteiger partial charge on any atom is -0.544 e. The number of esters is 2. The van der Waals surface area contributed by atoms with Gasteiger partial charge in [-0.3, -0.25) is 9.59 Å². The Morgan fingerprint density at radius 2 is 0.931 bits per heavy atom. The van der Waals surface area contributed by atoms with Gasteiger partial charge in [0.25, 0.3) is 0 Å². The van der Waals surface area contributed by atoms with Crippen LogP contribution in [0.1, 0.15) is 200 Å². The second kappa shape index (κ2) is 41.0. The molecule has 0 aliphatic rings. The van der Waals surface area contributed by atoms with Crippen molar-refractivity contribution in [1.82, 2.24) is 0 Å². The minimum atomic E-state index is -1.13. The molecule has 8 heteroatoms. The van der Waals surface area contributed by atoms with Gasteiger partial charge < -0.3 is 28.6 Å². The van der Waals surface area contributed by atoms with Crippen LogP contribution in [-0.2, 0) is 28.6 Å². The summed E-state index contributed by atoms with van der Waals surface area (Å²) in [5, 5.41) is 11.6. The van der Waals surface area contributed by atoms with Gasteiger partial charge in [-0.25, -0.2) is 0 Å². The first kappa shape index (κ1) is 55.3. The molecule has 58 heavy (non-hydrogen) atoms. The van der Waals surface area contributed by atoms with Gasteiger partial charge in [-0.1, -0.05) is 178 Å². The van der Waals surface area contributed by atoms with Gasteiger partial charge >= 0.3 is 11.9 Å². The van der Waals surface area contributed by atoms with Crippen molar-refractivity contribution in [3.05, 3.63) is 48.6 Å². The molecule has 0 aliphatic heterocycles. The third kappa shape index (κ3) is 38.8. The van der Waals surface area contributed by atoms with Gasteiger partial charge in [-0.05, 0) is 51.4 Å². The third-order valence-corrected chi connectivity index (χ3v) is 10.5. The maximum absolute atomic E-state index is 12.7. The number of unbranched alkanes of at least 4 members (excludes halogenated alkanes) is 20. The number of ether oxygens (including phenoxy) is 3. The molecule has 0 fully saturated rings. The molecule has 0 N–H and O–H groups in total. The van der Waals surface area contributed by atoms with Crippen molar-refractivity contribution in [2.45, 2.75) is 212 Å². The number of carboxylic acid groups (broad SMARTS) is 1. The molecule has 0 bridgehead atoms. The average molecular weight is 816 g/mol. The summed E-state index contributed by atoms with van der Waals surface area (Å²) in [5.41, 5.74) is 0. The molecule has 2 atom stereocenters. The van der Waals surface area contributed by atoms with E-state index >= 15 is 0 Å². The highest BCUT2D eigenvalue weighted by molar-refractivity contribution is 5.70. The molecule has 0 aromatic rings. The first-order chi connectivity index (χ1) is 28.1. The van der Waals surface area contributed by atoms with Crippen LogP contribution >= 0.6 is 0 Å². The molecular weight excluding hydrogens is 727 g/mol. The van der Waals surface area contributed by atoms with E-state index in [0.29, 0.717) is 12.8 Å². The standard InChI is InChI=1S/C50H89NO7/c1-6-8-10-12-14-16-18-20-22-24-26-28-30-32-34-36-38-40-48(52)57-45-46(44-56-43-42-47(50(54)55)51(3,4)5)58-49(53)41-39-37-35-33-31-29-27-25-23-21-19-17-15-13-11-9-7-2/h15,17,21,23,27,29,33,35,46-47H,6-14,16,18-20,22,24-26,28,30-32,34,36-45H2,1-5H3/b17-15+,23-21+,29-27+,35-33+. The van der Waals surface area contributed by atoms with Crippen molar-refractivity contribution in [3.8, 4) is 0 Å². The topological polar surface area (TPSA) is 102 Å². The van der Waals surface area contributed by atoms with Crippen LogP contribution in [0.2, 0.25) is 0 Å². The smallest absolute Gasteiger partial charge is 0.306 e. The highest BCUT2D eigenvalue weighted by atomic mass is 16.6. The number of allylic oxidation sites excluding steroid dienone is 8. The molecule has 0 spiro atoms. The number of quaternary nitrogens is 1. The summed E-state index contributed by atoms with van der Waals surface area (Å²) in [6.07, 6.45) is 48.6. The number of hydrogen-bond donors (Lipinski definition) is 0. The molecule has 0 amide bonds. The maximum Gasteiger partial charge on any atom is 0.306 e. The van der Waals surface area contributed by atoms with E-state index in [1.165, 1.54) is 116 Å². The lowest BCUT2D eigenvalue weighted by Crippen LogP contribution is -2.55. The lowest BCUT2D eigenvalue weighted by Gasteiger charge is -2.34. The summed E-state index contributed by atoms with van der Waals surface area (Å²) in [5.74, 6) is -1.80. The fourth-order valence-electron chi connectivity index (χ4n) is 6.77. The monoisotopic (exact) mass is 816 g/mol. The predicted octanol–water partition coefficient (Wildman–Crippen LogP) is 11.9. The lowest BCUT2D eigenvalue weighted by atomic mass is 10.0. The number of carbonyl (C=O) groups is 3. The van der Waals surface area contributed by atoms with Crippen LogP contribution in [-0.4, -0.2) is 75.5 Å². The van der Waals surface area contributed by atoms with Crippen LogP contribution in [0.3, 0.4) is 0 Å². The van der Waals surface area contributed by atoms with Crippen molar-refractivity contribution in [2.75, 3.05) is 41.0 Å². The highest BCUT2D eigenvalue weighted by Crippen LogP contribution is 2.15. The van der Waals surface area contributed by atoms with Gasteiger partial charge in [-0.2, -0.15) is 0 Å². The fourth-order valence-corrected chi connectivity index (χ4v) is 6.77. The number of carboxylic acids is 1. The quantitative estimate of drug-likeness (QED) is 0.0262. The third-order valence-electron chi connectivity index (χ3n) is 10.5. The molecule has 8 nitrogen and oxygen atoms in total. The summed E-state index contributed by atoms with van der Waals surface area (Å²) in [6, 6.07) is -0.735. The largest absolute Gasteiger partial charge is 0.544 e. The Morgan fingerprint density at radius 3 is 1.40 bits per heavy atom. The summed E-state index contributed by atoms with van der Waals surface area (Å²) in [6.45, 7) is 4.59. The summed E-state index contributed by atoms with van der Waals surface area (Å²) >= 11 is 0. The second-order valence-electron chi connectivity index (χ2n) is 17.0. The summed E-state index contributed by atoms with van der Waals surface area (Å²) in [7, 11) is 5.39. The molecule has 2 unspecified atom stereocenters. The van der Waals surface area contributed by atoms with E-state index in [4.69, 9.17) is 14.2 Å². The molecule has 0 heterocycles. The summed E-state index contributed by atoms with van der Waals surface area (Å²) < 4.78 is 17.1. The molecular formula is C50H89NO7. The second-order valence-corrected chi connectivity index (χ2v) is 17.0. The van der Waals surface area contributed by atoms with Gasteiger partial charge in [0, 0.05) is 19.3 Å². The van der Waals surface area contributed by atoms with Crippen LogP contribution in [0.25, 0.3) is 0 Å². The first-order valence-corrected chi connectivity index (χ1v) is 23.7. The van der Waals surface area contributed by atoms with Gasteiger partial charge in [0.2, 0.25) is 0 Å². The van der Waals surface area contributed by atoms with Crippen molar-refractivity contribution >= 4 is 17.9 Å². The Bertz CT molecular complexity index is 1090. The van der Waals surface area contributed by atoms with E-state index in [1.807, 2.05) is 0 Å². The van der Waals surface area contributed by atoms with E-state index in [-0.39, 0.29) is 49.1 Å². The van der Waals surface area contributed by atoms with E-state index in [0.717, 1.165) is 44.9 Å². The number of carbonyl (C=O) groups excluding carboxylic acids is 3. The number of likely N-dealkylation sites (N-methyl/N-ethyl adjacent to an activating group) is 1. The van der Waals surface area contributed by atoms with Crippen molar-refractivity contribution in [2.24, 2.45) is 0 Å².